The van der Waals surface area contributed by atoms with E-state index in [1.807, 2.05) is 30.3 Å². The molecule has 5 nitrogen and oxygen atoms in total. The fourth-order valence-corrected chi connectivity index (χ4v) is 4.50. The van der Waals surface area contributed by atoms with E-state index in [1.165, 1.54) is 6.07 Å². The fraction of sp³-hybridized carbons (Fsp3) is 0. The minimum Gasteiger partial charge on any atom is -0.353 e. The molecule has 0 unspecified atom stereocenters. The van der Waals surface area contributed by atoms with Crippen molar-refractivity contribution >= 4 is 33.1 Å². The van der Waals surface area contributed by atoms with Crippen molar-refractivity contribution in [3.05, 3.63) is 78.3 Å². The van der Waals surface area contributed by atoms with Gasteiger partial charge in [-0.05, 0) is 59.7 Å². The van der Waals surface area contributed by atoms with Crippen LogP contribution in [-0.4, -0.2) is 25.1 Å². The van der Waals surface area contributed by atoms with Crippen LogP contribution >= 0.6 is 11.3 Å². The molecule has 0 aliphatic carbocycles. The van der Waals surface area contributed by atoms with Crippen LogP contribution in [0.1, 0.15) is 0 Å². The third-order valence-electron chi connectivity index (χ3n) is 5.19. The van der Waals surface area contributed by atoms with E-state index in [-0.39, 0.29) is 5.13 Å². The van der Waals surface area contributed by atoms with E-state index in [2.05, 4.69) is 37.3 Å². The molecule has 5 aromatic heterocycles. The lowest BCUT2D eigenvalue weighted by Gasteiger charge is -2.01. The minimum atomic E-state index is -0.221. The predicted octanol–water partition coefficient (Wildman–Crippen LogP) is 6.04. The average molecular weight is 411 g/mol. The van der Waals surface area contributed by atoms with E-state index in [0.29, 0.717) is 0 Å². The quantitative estimate of drug-likeness (QED) is 0.373. The molecule has 0 amide bonds. The van der Waals surface area contributed by atoms with Crippen LogP contribution in [0.2, 0.25) is 0 Å². The first-order valence-electron chi connectivity index (χ1n) is 9.38. The molecule has 5 heterocycles. The monoisotopic (exact) mass is 411 g/mol. The summed E-state index contributed by atoms with van der Waals surface area (Å²) in [6, 6.07) is 17.4. The second-order valence-electron chi connectivity index (χ2n) is 6.98. The number of aromatic amines is 2. The lowest BCUT2D eigenvalue weighted by atomic mass is 10.0. The minimum absolute atomic E-state index is 0.221. The Labute approximate surface area is 174 Å². The van der Waals surface area contributed by atoms with Crippen molar-refractivity contribution in [3.8, 4) is 33.1 Å². The van der Waals surface area contributed by atoms with E-state index in [1.54, 1.807) is 24.7 Å². The van der Waals surface area contributed by atoms with E-state index in [0.717, 1.165) is 66.2 Å². The summed E-state index contributed by atoms with van der Waals surface area (Å²) in [7, 11) is 0. The molecular formula is C23H14FN5S. The first kappa shape index (κ1) is 17.1. The zero-order chi connectivity index (χ0) is 20.1. The molecule has 0 bridgehead atoms. The highest BCUT2D eigenvalue weighted by atomic mass is 32.1. The maximum Gasteiger partial charge on any atom is 0.177 e. The van der Waals surface area contributed by atoms with E-state index < -0.39 is 0 Å². The highest BCUT2D eigenvalue weighted by Crippen LogP contribution is 2.36. The van der Waals surface area contributed by atoms with E-state index in [9.17, 15) is 4.39 Å². The molecule has 144 valence electrons. The van der Waals surface area contributed by atoms with Crippen LogP contribution in [0.25, 0.3) is 54.9 Å². The molecule has 6 rings (SSSR count). The van der Waals surface area contributed by atoms with Crippen molar-refractivity contribution in [2.45, 2.75) is 0 Å². The molecule has 7 heteroatoms. The van der Waals surface area contributed by atoms with Crippen LogP contribution in [0.5, 0.6) is 0 Å². The fourth-order valence-electron chi connectivity index (χ4n) is 3.76. The molecule has 0 radical (unpaired) electrons. The van der Waals surface area contributed by atoms with Crippen molar-refractivity contribution in [1.82, 2.24) is 25.1 Å². The third kappa shape index (κ3) is 2.71. The summed E-state index contributed by atoms with van der Waals surface area (Å²) in [6.07, 6.45) is 5.31. The number of rotatable bonds is 3. The van der Waals surface area contributed by atoms with Gasteiger partial charge in [0.1, 0.15) is 5.69 Å². The number of fused-ring (bicyclic) bond motifs is 2. The largest absolute Gasteiger partial charge is 0.353 e. The SMILES string of the molecule is Fc1ccc(-c2nccc3[nH]c(-c4n[nH]c5ccc(-c6ccncc6)cc45)cc23)s1. The van der Waals surface area contributed by atoms with Crippen LogP contribution < -0.4 is 0 Å². The third-order valence-corrected chi connectivity index (χ3v) is 6.07. The summed E-state index contributed by atoms with van der Waals surface area (Å²) in [5.41, 5.74) is 6.57. The summed E-state index contributed by atoms with van der Waals surface area (Å²) >= 11 is 1.09. The molecule has 0 fully saturated rings. The standard InChI is InChI=1S/C23H14FN5S/c24-21-4-3-20(30-21)23-16-12-19(27-17(16)7-10-26-23)22-15-11-14(1-2-18(15)28-29-22)13-5-8-25-9-6-13/h1-12,27H,(H,28,29). The zero-order valence-corrected chi connectivity index (χ0v) is 16.4. The Balaban J connectivity index is 1.52. The predicted molar refractivity (Wildman–Crippen MR) is 118 cm³/mol. The normalized spacial score (nSPS) is 11.5. The number of benzene rings is 1. The molecule has 0 aliphatic rings. The Bertz CT molecular complexity index is 1510. The average Bonchev–Trinajstić information content (AvgIpc) is 3.51. The van der Waals surface area contributed by atoms with Crippen LogP contribution in [0.15, 0.2) is 73.2 Å². The van der Waals surface area contributed by atoms with Gasteiger partial charge in [0, 0.05) is 34.9 Å². The van der Waals surface area contributed by atoms with Gasteiger partial charge in [0.05, 0.1) is 21.8 Å². The van der Waals surface area contributed by atoms with Gasteiger partial charge in [0.15, 0.2) is 5.13 Å². The van der Waals surface area contributed by atoms with Crippen LogP contribution in [0.3, 0.4) is 0 Å². The van der Waals surface area contributed by atoms with Crippen LogP contribution in [-0.2, 0) is 0 Å². The number of thiophene rings is 1. The molecule has 0 saturated carbocycles. The first-order chi connectivity index (χ1) is 14.8. The zero-order valence-electron chi connectivity index (χ0n) is 15.6. The maximum absolute atomic E-state index is 13.6. The number of halogens is 1. The number of H-pyrrole nitrogens is 2. The van der Waals surface area contributed by atoms with Gasteiger partial charge in [-0.15, -0.1) is 11.3 Å². The van der Waals surface area contributed by atoms with Crippen LogP contribution in [0, 0.1) is 5.13 Å². The molecular weight excluding hydrogens is 397 g/mol. The van der Waals surface area contributed by atoms with Gasteiger partial charge in [0.25, 0.3) is 0 Å². The number of aromatic nitrogens is 5. The first-order valence-corrected chi connectivity index (χ1v) is 10.2. The summed E-state index contributed by atoms with van der Waals surface area (Å²) in [4.78, 5) is 12.8. The van der Waals surface area contributed by atoms with Gasteiger partial charge in [-0.1, -0.05) is 6.07 Å². The highest BCUT2D eigenvalue weighted by Gasteiger charge is 2.15. The highest BCUT2D eigenvalue weighted by molar-refractivity contribution is 7.13. The van der Waals surface area contributed by atoms with Gasteiger partial charge < -0.3 is 4.98 Å². The van der Waals surface area contributed by atoms with Gasteiger partial charge in [0.2, 0.25) is 0 Å². The van der Waals surface area contributed by atoms with Crippen molar-refractivity contribution in [1.29, 1.82) is 0 Å². The van der Waals surface area contributed by atoms with Crippen molar-refractivity contribution < 1.29 is 4.39 Å². The Morgan fingerprint density at radius 1 is 0.767 bits per heavy atom. The second-order valence-corrected chi connectivity index (χ2v) is 8.01. The van der Waals surface area contributed by atoms with Crippen molar-refractivity contribution in [2.24, 2.45) is 0 Å². The summed E-state index contributed by atoms with van der Waals surface area (Å²) in [5.74, 6) is 0. The van der Waals surface area contributed by atoms with E-state index in [4.69, 9.17) is 0 Å². The molecule has 0 saturated heterocycles. The number of nitrogens with one attached hydrogen (secondary N) is 2. The number of hydrogen-bond acceptors (Lipinski definition) is 4. The smallest absolute Gasteiger partial charge is 0.177 e. The Hall–Kier alpha value is -3.84. The lowest BCUT2D eigenvalue weighted by Crippen LogP contribution is -1.81. The second kappa shape index (κ2) is 6.60. The van der Waals surface area contributed by atoms with Crippen molar-refractivity contribution in [3.63, 3.8) is 0 Å². The molecule has 30 heavy (non-hydrogen) atoms. The molecule has 6 aromatic rings. The summed E-state index contributed by atoms with van der Waals surface area (Å²) in [5, 5.41) is 9.41. The molecule has 0 spiro atoms. The topological polar surface area (TPSA) is 70.2 Å². The summed E-state index contributed by atoms with van der Waals surface area (Å²) < 4.78 is 13.6. The van der Waals surface area contributed by atoms with Gasteiger partial charge in [-0.25, -0.2) is 0 Å². The van der Waals surface area contributed by atoms with E-state index >= 15 is 0 Å². The van der Waals surface area contributed by atoms with Gasteiger partial charge in [-0.2, -0.15) is 9.49 Å². The summed E-state index contributed by atoms with van der Waals surface area (Å²) in [6.45, 7) is 0. The molecule has 0 atom stereocenters. The number of pyridine rings is 2. The molecule has 1 aromatic carbocycles. The van der Waals surface area contributed by atoms with Gasteiger partial charge in [-0.3, -0.25) is 15.1 Å². The maximum atomic E-state index is 13.6. The lowest BCUT2D eigenvalue weighted by molar-refractivity contribution is 0.657. The Morgan fingerprint density at radius 2 is 1.63 bits per heavy atom. The number of nitrogens with zero attached hydrogens (tertiary/aromatic N) is 3. The van der Waals surface area contributed by atoms with Gasteiger partial charge >= 0.3 is 0 Å². The van der Waals surface area contributed by atoms with Crippen LogP contribution in [0.4, 0.5) is 4.39 Å². The number of hydrogen-bond donors (Lipinski definition) is 2. The Kier molecular flexibility index (Phi) is 3.75. The van der Waals surface area contributed by atoms with Crippen molar-refractivity contribution in [2.75, 3.05) is 0 Å². The molecule has 2 N–H and O–H groups in total. The Morgan fingerprint density at radius 3 is 2.47 bits per heavy atom. The molecule has 0 aliphatic heterocycles.